The molecule has 3 rings (SSSR count). The zero-order valence-electron chi connectivity index (χ0n) is 14.9. The second-order valence-electron chi connectivity index (χ2n) is 6.39. The lowest BCUT2D eigenvalue weighted by molar-refractivity contribution is -0.131. The van der Waals surface area contributed by atoms with E-state index in [0.717, 1.165) is 38.3 Å². The lowest BCUT2D eigenvalue weighted by atomic mass is 10.1. The first-order chi connectivity index (χ1) is 12.3. The van der Waals surface area contributed by atoms with E-state index in [9.17, 15) is 4.79 Å². The van der Waals surface area contributed by atoms with Gasteiger partial charge in [-0.3, -0.25) is 4.79 Å². The van der Waals surface area contributed by atoms with E-state index < -0.39 is 0 Å². The quantitative estimate of drug-likeness (QED) is 0.877. The van der Waals surface area contributed by atoms with Crippen molar-refractivity contribution >= 4 is 17.3 Å². The fourth-order valence-corrected chi connectivity index (χ4v) is 3.32. The number of carbonyl (C=O) groups is 1. The molecule has 0 atom stereocenters. The predicted molar refractivity (Wildman–Crippen MR) is 104 cm³/mol. The Bertz CT molecular complexity index is 679. The van der Waals surface area contributed by atoms with Crippen molar-refractivity contribution in [3.05, 3.63) is 60.2 Å². The van der Waals surface area contributed by atoms with Crippen LogP contribution in [-0.2, 0) is 11.2 Å². The molecule has 4 nitrogen and oxygen atoms in total. The van der Waals surface area contributed by atoms with Crippen LogP contribution in [0.5, 0.6) is 0 Å². The number of nitrogens with zero attached hydrogens (tertiary/aromatic N) is 2. The van der Waals surface area contributed by atoms with Crippen LogP contribution in [0.25, 0.3) is 0 Å². The second-order valence-corrected chi connectivity index (χ2v) is 6.39. The van der Waals surface area contributed by atoms with Gasteiger partial charge in [0.25, 0.3) is 0 Å². The average Bonchev–Trinajstić information content (AvgIpc) is 2.69. The number of anilines is 2. The average molecular weight is 337 g/mol. The predicted octanol–water partition coefficient (Wildman–Crippen LogP) is 3.40. The maximum atomic E-state index is 12.5. The minimum absolute atomic E-state index is 0.245. The number of aryl methyl sites for hydroxylation is 1. The van der Waals surface area contributed by atoms with Crippen molar-refractivity contribution in [1.82, 2.24) is 4.90 Å². The zero-order valence-corrected chi connectivity index (χ0v) is 14.9. The van der Waals surface area contributed by atoms with Gasteiger partial charge in [-0.25, -0.2) is 0 Å². The Kier molecular flexibility index (Phi) is 5.94. The first-order valence-corrected chi connectivity index (χ1v) is 9.17. The molecule has 4 heteroatoms. The number of para-hydroxylation sites is 2. The fraction of sp³-hybridized carbons (Fsp3) is 0.381. The molecule has 2 aromatic rings. The van der Waals surface area contributed by atoms with Gasteiger partial charge in [-0.1, -0.05) is 43.3 Å². The molecule has 0 aliphatic carbocycles. The van der Waals surface area contributed by atoms with E-state index in [2.05, 4.69) is 59.6 Å². The lowest BCUT2D eigenvalue weighted by Gasteiger charge is -2.36. The zero-order chi connectivity index (χ0) is 17.5. The number of carbonyl (C=O) groups excluding carboxylic acids is 1. The molecule has 0 radical (unpaired) electrons. The third-order valence-corrected chi connectivity index (χ3v) is 4.81. The molecule has 1 aliphatic heterocycles. The molecule has 1 N–H and O–H groups in total. The van der Waals surface area contributed by atoms with Crippen molar-refractivity contribution < 1.29 is 4.79 Å². The van der Waals surface area contributed by atoms with Gasteiger partial charge in [0.1, 0.15) is 0 Å². The summed E-state index contributed by atoms with van der Waals surface area (Å²) in [6.07, 6.45) is 1.54. The Morgan fingerprint density at radius 1 is 0.960 bits per heavy atom. The molecular weight excluding hydrogens is 310 g/mol. The summed E-state index contributed by atoms with van der Waals surface area (Å²) in [5, 5.41) is 3.41. The Balaban J connectivity index is 1.44. The Labute approximate surface area is 150 Å². The number of amides is 1. The van der Waals surface area contributed by atoms with Crippen LogP contribution in [0.3, 0.4) is 0 Å². The van der Waals surface area contributed by atoms with Gasteiger partial charge in [0.05, 0.1) is 0 Å². The van der Waals surface area contributed by atoms with E-state index in [1.165, 1.54) is 11.3 Å². The molecule has 1 aliphatic rings. The molecular formula is C21H27N3O. The minimum Gasteiger partial charge on any atom is -0.384 e. The van der Waals surface area contributed by atoms with Crippen LogP contribution in [0.2, 0.25) is 0 Å². The highest BCUT2D eigenvalue weighted by Crippen LogP contribution is 2.17. The normalized spacial score (nSPS) is 14.4. The molecule has 1 heterocycles. The van der Waals surface area contributed by atoms with Crippen molar-refractivity contribution in [3.63, 3.8) is 0 Å². The van der Waals surface area contributed by atoms with Crippen LogP contribution in [0.4, 0.5) is 11.4 Å². The molecule has 0 saturated carbocycles. The number of hydrogen-bond acceptors (Lipinski definition) is 3. The summed E-state index contributed by atoms with van der Waals surface area (Å²) in [5.74, 6) is 0.245. The van der Waals surface area contributed by atoms with Gasteiger partial charge in [-0.05, 0) is 30.2 Å². The molecule has 1 saturated heterocycles. The van der Waals surface area contributed by atoms with Gasteiger partial charge in [0, 0.05) is 50.5 Å². The molecule has 0 aromatic heterocycles. The van der Waals surface area contributed by atoms with Crippen LogP contribution in [-0.4, -0.2) is 43.5 Å². The van der Waals surface area contributed by atoms with Crippen molar-refractivity contribution in [2.45, 2.75) is 19.8 Å². The van der Waals surface area contributed by atoms with E-state index in [1.54, 1.807) is 0 Å². The van der Waals surface area contributed by atoms with Gasteiger partial charge in [0.2, 0.25) is 5.91 Å². The summed E-state index contributed by atoms with van der Waals surface area (Å²) < 4.78 is 0. The third kappa shape index (κ3) is 4.53. The summed E-state index contributed by atoms with van der Waals surface area (Å²) in [4.78, 5) is 16.8. The van der Waals surface area contributed by atoms with Gasteiger partial charge < -0.3 is 15.1 Å². The van der Waals surface area contributed by atoms with Crippen LogP contribution in [0.15, 0.2) is 54.6 Å². The van der Waals surface area contributed by atoms with Crippen LogP contribution in [0.1, 0.15) is 18.9 Å². The standard InChI is InChI=1S/C21H27N3O/c1-2-18-8-6-7-11-20(18)22-13-12-21(25)24-16-14-23(15-17-24)19-9-4-3-5-10-19/h3-11,22H,2,12-17H2,1H3. The van der Waals surface area contributed by atoms with Crippen LogP contribution in [0, 0.1) is 0 Å². The second kappa shape index (κ2) is 8.56. The number of rotatable bonds is 6. The van der Waals surface area contributed by atoms with Gasteiger partial charge in [-0.15, -0.1) is 0 Å². The van der Waals surface area contributed by atoms with Crippen molar-refractivity contribution in [2.75, 3.05) is 42.9 Å². The first-order valence-electron chi connectivity index (χ1n) is 9.17. The molecule has 1 fully saturated rings. The molecule has 2 aromatic carbocycles. The molecule has 25 heavy (non-hydrogen) atoms. The Morgan fingerprint density at radius 3 is 2.36 bits per heavy atom. The largest absolute Gasteiger partial charge is 0.384 e. The highest BCUT2D eigenvalue weighted by molar-refractivity contribution is 5.77. The van der Waals surface area contributed by atoms with Crippen LogP contribution >= 0.6 is 0 Å². The van der Waals surface area contributed by atoms with Gasteiger partial charge >= 0.3 is 0 Å². The number of hydrogen-bond donors (Lipinski definition) is 1. The highest BCUT2D eigenvalue weighted by atomic mass is 16.2. The summed E-state index contributed by atoms with van der Waals surface area (Å²) in [6, 6.07) is 18.7. The van der Waals surface area contributed by atoms with E-state index in [4.69, 9.17) is 0 Å². The smallest absolute Gasteiger partial charge is 0.224 e. The van der Waals surface area contributed by atoms with Crippen LogP contribution < -0.4 is 10.2 Å². The van der Waals surface area contributed by atoms with E-state index >= 15 is 0 Å². The van der Waals surface area contributed by atoms with E-state index in [-0.39, 0.29) is 5.91 Å². The lowest BCUT2D eigenvalue weighted by Crippen LogP contribution is -2.49. The number of piperazine rings is 1. The molecule has 0 bridgehead atoms. The summed E-state index contributed by atoms with van der Waals surface area (Å²) in [7, 11) is 0. The summed E-state index contributed by atoms with van der Waals surface area (Å²) in [5.41, 5.74) is 3.69. The van der Waals surface area contributed by atoms with E-state index in [0.29, 0.717) is 13.0 Å². The third-order valence-electron chi connectivity index (χ3n) is 4.81. The topological polar surface area (TPSA) is 35.6 Å². The van der Waals surface area contributed by atoms with E-state index in [1.807, 2.05) is 17.0 Å². The molecule has 0 unspecified atom stereocenters. The number of benzene rings is 2. The monoisotopic (exact) mass is 337 g/mol. The Morgan fingerprint density at radius 2 is 1.64 bits per heavy atom. The highest BCUT2D eigenvalue weighted by Gasteiger charge is 2.20. The molecule has 0 spiro atoms. The Hall–Kier alpha value is -2.49. The minimum atomic E-state index is 0.245. The maximum absolute atomic E-state index is 12.5. The maximum Gasteiger partial charge on any atom is 0.224 e. The molecule has 132 valence electrons. The van der Waals surface area contributed by atoms with Gasteiger partial charge in [0.15, 0.2) is 0 Å². The number of nitrogens with one attached hydrogen (secondary N) is 1. The summed E-state index contributed by atoms with van der Waals surface area (Å²) in [6.45, 7) is 6.26. The summed E-state index contributed by atoms with van der Waals surface area (Å²) >= 11 is 0. The van der Waals surface area contributed by atoms with Crippen molar-refractivity contribution in [2.24, 2.45) is 0 Å². The fourth-order valence-electron chi connectivity index (χ4n) is 3.32. The SMILES string of the molecule is CCc1ccccc1NCCC(=O)N1CCN(c2ccccc2)CC1. The first kappa shape index (κ1) is 17.3. The van der Waals surface area contributed by atoms with Gasteiger partial charge in [-0.2, -0.15) is 0 Å². The molecule has 1 amide bonds. The van der Waals surface area contributed by atoms with Crippen molar-refractivity contribution in [3.8, 4) is 0 Å². The van der Waals surface area contributed by atoms with Crippen molar-refractivity contribution in [1.29, 1.82) is 0 Å².